The summed E-state index contributed by atoms with van der Waals surface area (Å²) >= 11 is -0.562. The SMILES string of the molecule is CCCCCCCCCCC[CH2][Hg][CH2]c1ccccc1. The van der Waals surface area contributed by atoms with Crippen molar-refractivity contribution in [3.63, 3.8) is 0 Å². The van der Waals surface area contributed by atoms with Gasteiger partial charge in [0.05, 0.1) is 0 Å². The van der Waals surface area contributed by atoms with E-state index >= 15 is 0 Å². The third kappa shape index (κ3) is 10.9. The third-order valence-corrected chi connectivity index (χ3v) is 11.7. The normalized spacial score (nSPS) is 10.4. The van der Waals surface area contributed by atoms with Gasteiger partial charge in [-0.05, 0) is 0 Å². The first-order chi connectivity index (χ1) is 9.93. The number of benzene rings is 1. The van der Waals surface area contributed by atoms with Crippen molar-refractivity contribution >= 4 is 0 Å². The quantitative estimate of drug-likeness (QED) is 0.229. The van der Waals surface area contributed by atoms with Crippen molar-refractivity contribution in [3.05, 3.63) is 35.9 Å². The van der Waals surface area contributed by atoms with Crippen LogP contribution >= 0.6 is 0 Å². The van der Waals surface area contributed by atoms with E-state index in [4.69, 9.17) is 0 Å². The predicted molar refractivity (Wildman–Crippen MR) is 86.8 cm³/mol. The molecule has 0 amide bonds. The van der Waals surface area contributed by atoms with Gasteiger partial charge in [-0.1, -0.05) is 0 Å². The van der Waals surface area contributed by atoms with Crippen LogP contribution in [-0.4, -0.2) is 0 Å². The van der Waals surface area contributed by atoms with Crippen molar-refractivity contribution < 1.29 is 24.6 Å². The van der Waals surface area contributed by atoms with Crippen LogP contribution < -0.4 is 0 Å². The molecule has 0 aliphatic carbocycles. The van der Waals surface area contributed by atoms with Gasteiger partial charge in [-0.3, -0.25) is 0 Å². The summed E-state index contributed by atoms with van der Waals surface area (Å²) in [7, 11) is 0. The molecule has 0 N–H and O–H groups in total. The van der Waals surface area contributed by atoms with Crippen molar-refractivity contribution in [2.45, 2.75) is 79.0 Å². The van der Waals surface area contributed by atoms with E-state index in [1.165, 1.54) is 68.1 Å². The Morgan fingerprint density at radius 2 is 1.25 bits per heavy atom. The fourth-order valence-electron chi connectivity index (χ4n) is 2.81. The molecule has 0 saturated carbocycles. The van der Waals surface area contributed by atoms with Crippen LogP contribution in [0, 0.1) is 0 Å². The van der Waals surface area contributed by atoms with Gasteiger partial charge < -0.3 is 0 Å². The maximum absolute atomic E-state index is 2.30. The van der Waals surface area contributed by atoms with E-state index in [2.05, 4.69) is 37.3 Å². The Kier molecular flexibility index (Phi) is 12.8. The molecule has 0 unspecified atom stereocenters. The molecule has 0 aliphatic heterocycles. The molecule has 1 rings (SSSR count). The Bertz CT molecular complexity index is 294. The molecule has 0 saturated heterocycles. The molecule has 1 heteroatoms. The third-order valence-electron chi connectivity index (χ3n) is 4.16. The number of unbranched alkanes of at least 4 members (excludes halogenated alkanes) is 9. The zero-order valence-electron chi connectivity index (χ0n) is 13.6. The summed E-state index contributed by atoms with van der Waals surface area (Å²) in [6, 6.07) is 11.1. The molecule has 1 aromatic carbocycles. The van der Waals surface area contributed by atoms with Crippen LogP contribution in [0.25, 0.3) is 0 Å². The molecule has 110 valence electrons. The second-order valence-electron chi connectivity index (χ2n) is 6.12. The van der Waals surface area contributed by atoms with Gasteiger partial charge in [0, 0.05) is 0 Å². The summed E-state index contributed by atoms with van der Waals surface area (Å²) in [6.07, 6.45) is 14.7. The molecule has 0 spiro atoms. The summed E-state index contributed by atoms with van der Waals surface area (Å²) in [5.41, 5.74) is 1.60. The van der Waals surface area contributed by atoms with E-state index in [-0.39, 0.29) is 0 Å². The van der Waals surface area contributed by atoms with Crippen LogP contribution in [0.2, 0.25) is 3.93 Å². The topological polar surface area (TPSA) is 0 Å². The Labute approximate surface area is 139 Å². The van der Waals surface area contributed by atoms with Crippen LogP contribution in [0.5, 0.6) is 0 Å². The fraction of sp³-hybridized carbons (Fsp3) is 0.684. The minimum atomic E-state index is -0.562. The van der Waals surface area contributed by atoms with Crippen LogP contribution in [0.1, 0.15) is 76.7 Å². The molecule has 0 fully saturated rings. The number of rotatable bonds is 13. The molecule has 0 bridgehead atoms. The summed E-state index contributed by atoms with van der Waals surface area (Å²) in [5.74, 6) is 0. The molecule has 0 aliphatic rings. The first-order valence-electron chi connectivity index (χ1n) is 8.97. The molecular weight excluding hydrogens is 429 g/mol. The van der Waals surface area contributed by atoms with Gasteiger partial charge in [0.15, 0.2) is 0 Å². The molecule has 1 aromatic rings. The van der Waals surface area contributed by atoms with Gasteiger partial charge in [0.2, 0.25) is 0 Å². The summed E-state index contributed by atoms with van der Waals surface area (Å²) in [5, 5.41) is 0. The van der Waals surface area contributed by atoms with Crippen molar-refractivity contribution in [1.29, 1.82) is 0 Å². The van der Waals surface area contributed by atoms with Crippen molar-refractivity contribution in [2.75, 3.05) is 0 Å². The van der Waals surface area contributed by atoms with E-state index < -0.39 is 24.6 Å². The number of hydrogen-bond acceptors (Lipinski definition) is 0. The maximum atomic E-state index is 2.30. The second-order valence-corrected chi connectivity index (χ2v) is 13.6. The average Bonchev–Trinajstić information content (AvgIpc) is 2.49. The summed E-state index contributed by atoms with van der Waals surface area (Å²) < 4.78 is 3.11. The van der Waals surface area contributed by atoms with Crippen LogP contribution in [-0.2, 0) is 28.5 Å². The number of hydrogen-bond donors (Lipinski definition) is 0. The van der Waals surface area contributed by atoms with Gasteiger partial charge in [0.25, 0.3) is 0 Å². The van der Waals surface area contributed by atoms with E-state index in [0.717, 1.165) is 0 Å². The van der Waals surface area contributed by atoms with Gasteiger partial charge in [-0.15, -0.1) is 0 Å². The molecule has 0 radical (unpaired) electrons. The van der Waals surface area contributed by atoms with Gasteiger partial charge >= 0.3 is 139 Å². The van der Waals surface area contributed by atoms with Gasteiger partial charge in [-0.25, -0.2) is 0 Å². The molecule has 0 aromatic heterocycles. The predicted octanol–water partition coefficient (Wildman–Crippen LogP) is 6.61. The summed E-state index contributed by atoms with van der Waals surface area (Å²) in [6.45, 7) is 2.29. The standard InChI is InChI=1S/C12H25.C7H7.Hg/c1-3-5-7-9-11-12-10-8-6-4-2;1-7-5-3-2-4-6-7;/h1,3-12H2,2H3;2-6H,1H2;. The van der Waals surface area contributed by atoms with Crippen molar-refractivity contribution in [3.8, 4) is 0 Å². The summed E-state index contributed by atoms with van der Waals surface area (Å²) in [4.78, 5) is 0. The average molecular weight is 461 g/mol. The van der Waals surface area contributed by atoms with E-state index in [1.807, 2.05) is 0 Å². The Morgan fingerprint density at radius 1 is 0.700 bits per heavy atom. The first kappa shape index (κ1) is 18.2. The van der Waals surface area contributed by atoms with Crippen LogP contribution in [0.3, 0.4) is 0 Å². The second kappa shape index (κ2) is 14.1. The minimum absolute atomic E-state index is 0.562. The monoisotopic (exact) mass is 462 g/mol. The zero-order chi connectivity index (χ0) is 14.3. The van der Waals surface area contributed by atoms with Crippen molar-refractivity contribution in [2.24, 2.45) is 0 Å². The van der Waals surface area contributed by atoms with Crippen molar-refractivity contribution in [1.82, 2.24) is 0 Å². The molecule has 0 heterocycles. The van der Waals surface area contributed by atoms with Gasteiger partial charge in [0.1, 0.15) is 0 Å². The van der Waals surface area contributed by atoms with Crippen LogP contribution in [0.15, 0.2) is 30.3 Å². The molecule has 0 nitrogen and oxygen atoms in total. The Balaban J connectivity index is 1.77. The Morgan fingerprint density at radius 3 is 1.85 bits per heavy atom. The molecular formula is C19H32Hg. The fourth-order valence-corrected chi connectivity index (χ4v) is 9.42. The van der Waals surface area contributed by atoms with Crippen LogP contribution in [0.4, 0.5) is 0 Å². The zero-order valence-corrected chi connectivity index (χ0v) is 19.1. The molecule has 0 atom stereocenters. The first-order valence-corrected chi connectivity index (χ1v) is 16.7. The van der Waals surface area contributed by atoms with E-state index in [0.29, 0.717) is 0 Å². The van der Waals surface area contributed by atoms with E-state index in [9.17, 15) is 0 Å². The van der Waals surface area contributed by atoms with Gasteiger partial charge in [-0.2, -0.15) is 0 Å². The van der Waals surface area contributed by atoms with E-state index in [1.54, 1.807) is 9.49 Å². The molecule has 20 heavy (non-hydrogen) atoms. The Hall–Kier alpha value is 0.155.